The van der Waals surface area contributed by atoms with Crippen LogP contribution in [0, 0.1) is 18.3 Å². The summed E-state index contributed by atoms with van der Waals surface area (Å²) in [4.78, 5) is 31.1. The number of anilines is 3. The molecule has 4 heterocycles. The predicted molar refractivity (Wildman–Crippen MR) is 135 cm³/mol. The molecule has 1 aliphatic heterocycles. The van der Waals surface area contributed by atoms with Gasteiger partial charge in [-0.2, -0.15) is 10.2 Å². The van der Waals surface area contributed by atoms with Crippen LogP contribution in [-0.4, -0.2) is 33.6 Å². The molecule has 1 atom stereocenters. The highest BCUT2D eigenvalue weighted by molar-refractivity contribution is 7.16. The number of thiazole rings is 1. The van der Waals surface area contributed by atoms with E-state index >= 15 is 0 Å². The molecule has 1 aromatic carbocycles. The van der Waals surface area contributed by atoms with Crippen LogP contribution in [0.2, 0.25) is 0 Å². The third-order valence-electron chi connectivity index (χ3n) is 5.93. The predicted octanol–water partition coefficient (Wildman–Crippen LogP) is 4.56. The topological polar surface area (TPSA) is 120 Å². The highest BCUT2D eigenvalue weighted by Gasteiger charge is 2.30. The van der Waals surface area contributed by atoms with Crippen molar-refractivity contribution in [2.45, 2.75) is 25.8 Å². The SMILES string of the molecule is COc1c(Nc2ncc(C#N)s2)nc(N2CCCC2c2ccc(C)cc2)nc1-c1ccc(=O)[nH]c1. The summed E-state index contributed by atoms with van der Waals surface area (Å²) < 4.78 is 5.72. The first-order chi connectivity index (χ1) is 17.1. The van der Waals surface area contributed by atoms with Crippen molar-refractivity contribution in [2.24, 2.45) is 0 Å². The minimum absolute atomic E-state index is 0.144. The molecule has 0 bridgehead atoms. The number of nitriles is 1. The molecule has 35 heavy (non-hydrogen) atoms. The molecule has 3 aromatic heterocycles. The van der Waals surface area contributed by atoms with Crippen LogP contribution in [0.1, 0.15) is 34.9 Å². The van der Waals surface area contributed by atoms with Gasteiger partial charge in [-0.25, -0.2) is 9.97 Å². The number of hydrogen-bond acceptors (Lipinski definition) is 9. The lowest BCUT2D eigenvalue weighted by atomic mass is 10.0. The quantitative estimate of drug-likeness (QED) is 0.408. The zero-order valence-corrected chi connectivity index (χ0v) is 20.1. The van der Waals surface area contributed by atoms with Crippen LogP contribution >= 0.6 is 11.3 Å². The largest absolute Gasteiger partial charge is 0.491 e. The van der Waals surface area contributed by atoms with E-state index in [4.69, 9.17) is 14.7 Å². The molecule has 0 amide bonds. The van der Waals surface area contributed by atoms with Gasteiger partial charge in [-0.1, -0.05) is 41.2 Å². The van der Waals surface area contributed by atoms with Crippen LogP contribution in [0.3, 0.4) is 0 Å². The van der Waals surface area contributed by atoms with E-state index in [2.05, 4.69) is 57.4 Å². The number of ether oxygens (including phenoxy) is 1. The molecular weight excluding hydrogens is 462 g/mol. The zero-order valence-electron chi connectivity index (χ0n) is 19.3. The van der Waals surface area contributed by atoms with Crippen molar-refractivity contribution in [3.8, 4) is 23.1 Å². The van der Waals surface area contributed by atoms with E-state index < -0.39 is 0 Å². The van der Waals surface area contributed by atoms with Crippen LogP contribution in [0.15, 0.2) is 53.6 Å². The second-order valence-electron chi connectivity index (χ2n) is 8.22. The Morgan fingerprint density at radius 1 is 1.23 bits per heavy atom. The van der Waals surface area contributed by atoms with Gasteiger partial charge in [0.25, 0.3) is 0 Å². The van der Waals surface area contributed by atoms with Gasteiger partial charge in [-0.15, -0.1) is 0 Å². The summed E-state index contributed by atoms with van der Waals surface area (Å²) in [5.74, 6) is 1.40. The summed E-state index contributed by atoms with van der Waals surface area (Å²) in [6, 6.07) is 14.0. The number of aromatic amines is 1. The van der Waals surface area contributed by atoms with Crippen LogP contribution < -0.4 is 20.5 Å². The second-order valence-corrected chi connectivity index (χ2v) is 9.25. The first-order valence-electron chi connectivity index (χ1n) is 11.2. The van der Waals surface area contributed by atoms with E-state index in [0.717, 1.165) is 19.4 Å². The maximum atomic E-state index is 11.7. The molecule has 4 aromatic rings. The van der Waals surface area contributed by atoms with Gasteiger partial charge in [0, 0.05) is 24.4 Å². The first kappa shape index (κ1) is 22.6. The number of nitrogens with one attached hydrogen (secondary N) is 2. The average Bonchev–Trinajstić information content (AvgIpc) is 3.54. The fourth-order valence-corrected chi connectivity index (χ4v) is 4.84. The monoisotopic (exact) mass is 485 g/mol. The number of aryl methyl sites for hydroxylation is 1. The van der Waals surface area contributed by atoms with Crippen molar-refractivity contribution < 1.29 is 4.74 Å². The van der Waals surface area contributed by atoms with Crippen molar-refractivity contribution in [3.63, 3.8) is 0 Å². The molecule has 0 aliphatic carbocycles. The summed E-state index contributed by atoms with van der Waals surface area (Å²) in [5, 5.41) is 12.9. The van der Waals surface area contributed by atoms with Gasteiger partial charge < -0.3 is 19.9 Å². The molecule has 1 unspecified atom stereocenters. The second kappa shape index (κ2) is 9.56. The maximum absolute atomic E-state index is 11.7. The van der Waals surface area contributed by atoms with Crippen molar-refractivity contribution in [3.05, 3.63) is 75.1 Å². The molecule has 10 heteroatoms. The van der Waals surface area contributed by atoms with Crippen LogP contribution in [0.5, 0.6) is 5.75 Å². The number of aromatic nitrogens is 4. The molecule has 1 saturated heterocycles. The van der Waals surface area contributed by atoms with E-state index in [1.54, 1.807) is 19.4 Å². The molecule has 5 rings (SSSR count). The third kappa shape index (κ3) is 4.58. The number of H-pyrrole nitrogens is 1. The molecule has 1 aliphatic rings. The van der Waals surface area contributed by atoms with Crippen LogP contribution in [0.25, 0.3) is 11.3 Å². The van der Waals surface area contributed by atoms with Crippen LogP contribution in [0.4, 0.5) is 16.9 Å². The van der Waals surface area contributed by atoms with Gasteiger partial charge in [-0.3, -0.25) is 4.79 Å². The van der Waals surface area contributed by atoms with Gasteiger partial charge in [0.05, 0.1) is 19.3 Å². The molecule has 176 valence electrons. The fourth-order valence-electron chi connectivity index (χ4n) is 4.22. The van der Waals surface area contributed by atoms with Gasteiger partial charge >= 0.3 is 0 Å². The number of methoxy groups -OCH3 is 1. The van der Waals surface area contributed by atoms with E-state index in [1.165, 1.54) is 34.7 Å². The standard InChI is InChI=1S/C25H23N7O2S/c1-15-5-7-16(8-6-15)19-4-3-11-32(19)24-29-21(17-9-10-20(33)27-13-17)22(34-2)23(30-24)31-25-28-14-18(12-26)35-25/h5-10,13-14,19H,3-4,11H2,1-2H3,(H,27,33)(H,28,29,30,31). The third-order valence-corrected chi connectivity index (χ3v) is 6.75. The molecule has 0 spiro atoms. The Hall–Kier alpha value is -4.23. The summed E-state index contributed by atoms with van der Waals surface area (Å²) in [7, 11) is 1.55. The van der Waals surface area contributed by atoms with Gasteiger partial charge in [0.2, 0.25) is 11.5 Å². The number of nitrogens with zero attached hydrogens (tertiary/aromatic N) is 5. The summed E-state index contributed by atoms with van der Waals surface area (Å²) in [5.41, 5.74) is 3.46. The Labute approximate surface area is 206 Å². The van der Waals surface area contributed by atoms with Crippen LogP contribution in [-0.2, 0) is 0 Å². The lowest BCUT2D eigenvalue weighted by Gasteiger charge is -2.26. The molecule has 1 fully saturated rings. The van der Waals surface area contributed by atoms with Gasteiger partial charge in [-0.05, 0) is 31.4 Å². The van der Waals surface area contributed by atoms with E-state index in [1.807, 2.05) is 0 Å². The van der Waals surface area contributed by atoms with Crippen molar-refractivity contribution in [1.29, 1.82) is 5.26 Å². The summed E-state index contributed by atoms with van der Waals surface area (Å²) in [6.07, 6.45) is 5.13. The van der Waals surface area contributed by atoms with Crippen molar-refractivity contribution >= 4 is 28.2 Å². The Bertz CT molecular complexity index is 1440. The van der Waals surface area contributed by atoms with E-state index in [-0.39, 0.29) is 11.6 Å². The van der Waals surface area contributed by atoms with Gasteiger partial charge in [0.1, 0.15) is 16.6 Å². The fraction of sp³-hybridized carbons (Fsp3) is 0.240. The van der Waals surface area contributed by atoms with Crippen molar-refractivity contribution in [2.75, 3.05) is 23.9 Å². The Morgan fingerprint density at radius 2 is 2.06 bits per heavy atom. The normalized spacial score (nSPS) is 15.1. The minimum atomic E-state index is -0.203. The number of benzene rings is 1. The molecular formula is C25H23N7O2S. The number of hydrogen-bond donors (Lipinski definition) is 2. The maximum Gasteiger partial charge on any atom is 0.247 e. The van der Waals surface area contributed by atoms with E-state index in [0.29, 0.717) is 38.8 Å². The highest BCUT2D eigenvalue weighted by Crippen LogP contribution is 2.41. The summed E-state index contributed by atoms with van der Waals surface area (Å²) >= 11 is 1.23. The Kier molecular flexibility index (Phi) is 6.16. The zero-order chi connectivity index (χ0) is 24.4. The molecule has 9 nitrogen and oxygen atoms in total. The minimum Gasteiger partial charge on any atom is -0.491 e. The highest BCUT2D eigenvalue weighted by atomic mass is 32.1. The molecule has 0 radical (unpaired) electrons. The smallest absolute Gasteiger partial charge is 0.247 e. The molecule has 0 saturated carbocycles. The van der Waals surface area contributed by atoms with Crippen molar-refractivity contribution in [1.82, 2.24) is 19.9 Å². The lowest BCUT2D eigenvalue weighted by molar-refractivity contribution is 0.415. The summed E-state index contributed by atoms with van der Waals surface area (Å²) in [6.45, 7) is 2.89. The number of pyridine rings is 1. The van der Waals surface area contributed by atoms with Gasteiger partial charge in [0.15, 0.2) is 16.7 Å². The lowest BCUT2D eigenvalue weighted by Crippen LogP contribution is -2.25. The Balaban J connectivity index is 1.63. The number of rotatable bonds is 6. The average molecular weight is 486 g/mol. The van der Waals surface area contributed by atoms with E-state index in [9.17, 15) is 10.1 Å². The molecule has 2 N–H and O–H groups in total. The first-order valence-corrected chi connectivity index (χ1v) is 12.0. The Morgan fingerprint density at radius 3 is 2.74 bits per heavy atom.